The molecule has 0 aliphatic carbocycles. The molecule has 0 aromatic carbocycles. The minimum atomic E-state index is -4.40. The van der Waals surface area contributed by atoms with Gasteiger partial charge in [0.1, 0.15) is 19.8 Å². The van der Waals surface area contributed by atoms with E-state index in [0.717, 1.165) is 44.9 Å². The number of aliphatic hydroxyl groups excluding tert-OH is 1. The number of ether oxygens (including phenoxy) is 2. The van der Waals surface area contributed by atoms with E-state index in [4.69, 9.17) is 18.5 Å². The molecule has 10 nitrogen and oxygen atoms in total. The third-order valence-electron chi connectivity index (χ3n) is 10.7. The standard InChI is InChI=1S/C52H94NO9P/c1-6-8-9-10-11-12-13-14-15-16-17-18-19-20-21-26-29-32-35-38-41-44-52(56)62-50(48-61-63(57,58)60-46-45-53(3,4)5)47-59-51(55)43-40-37-34-31-28-25-23-22-24-27-30-33-36-39-42-49(54)7-2/h23-25,27,31,33-34,36,39,42,49-50,54H,6-22,26,28-30,32,35,37-38,40-41,43-48H2,1-5H3/p+1/b25-23-,27-24-,34-31-,36-33-,42-39+/t49-,50+/m0/s1. The number of esters is 2. The van der Waals surface area contributed by atoms with Gasteiger partial charge in [0.05, 0.1) is 33.9 Å². The zero-order valence-electron chi connectivity index (χ0n) is 40.9. The first-order chi connectivity index (χ1) is 30.4. The number of likely N-dealkylation sites (N-methyl/N-ethyl adjacent to an activating group) is 1. The molecule has 0 saturated carbocycles. The molecule has 0 heterocycles. The average molecular weight is 909 g/mol. The van der Waals surface area contributed by atoms with E-state index in [1.165, 1.54) is 109 Å². The summed E-state index contributed by atoms with van der Waals surface area (Å²) in [6.45, 7) is 4.04. The van der Waals surface area contributed by atoms with Crippen LogP contribution >= 0.6 is 7.82 Å². The van der Waals surface area contributed by atoms with Crippen molar-refractivity contribution in [3.63, 3.8) is 0 Å². The highest BCUT2D eigenvalue weighted by molar-refractivity contribution is 7.47. The highest BCUT2D eigenvalue weighted by Gasteiger charge is 2.27. The Labute approximate surface area is 386 Å². The molecule has 0 fully saturated rings. The Hall–Kier alpha value is -2.33. The van der Waals surface area contributed by atoms with E-state index >= 15 is 0 Å². The number of rotatable bonds is 45. The second kappa shape index (κ2) is 43.6. The van der Waals surface area contributed by atoms with Crippen molar-refractivity contribution in [3.05, 3.63) is 60.8 Å². The lowest BCUT2D eigenvalue weighted by Gasteiger charge is -2.24. The fourth-order valence-electron chi connectivity index (χ4n) is 6.65. The number of nitrogens with zero attached hydrogens (tertiary/aromatic N) is 1. The summed E-state index contributed by atoms with van der Waals surface area (Å²) in [7, 11) is 1.42. The molecule has 0 amide bonds. The fourth-order valence-corrected chi connectivity index (χ4v) is 7.39. The number of carbonyl (C=O) groups is 2. The summed E-state index contributed by atoms with van der Waals surface area (Å²) >= 11 is 0. The van der Waals surface area contributed by atoms with Crippen molar-refractivity contribution in [3.8, 4) is 0 Å². The molecule has 1 unspecified atom stereocenters. The number of allylic oxidation sites excluding steroid dienone is 9. The first-order valence-electron chi connectivity index (χ1n) is 25.1. The van der Waals surface area contributed by atoms with Gasteiger partial charge in [-0.1, -0.05) is 203 Å². The van der Waals surface area contributed by atoms with Crippen LogP contribution in [0.5, 0.6) is 0 Å². The van der Waals surface area contributed by atoms with E-state index in [0.29, 0.717) is 30.3 Å². The molecule has 0 rings (SSSR count). The number of hydrogen-bond acceptors (Lipinski definition) is 8. The molecule has 0 spiro atoms. The van der Waals surface area contributed by atoms with Crippen LogP contribution in [-0.4, -0.2) is 86.1 Å². The molecule has 63 heavy (non-hydrogen) atoms. The van der Waals surface area contributed by atoms with Crippen molar-refractivity contribution in [2.75, 3.05) is 47.5 Å². The summed E-state index contributed by atoms with van der Waals surface area (Å²) in [5.74, 6) is -0.882. The summed E-state index contributed by atoms with van der Waals surface area (Å²) in [6.07, 6.45) is 50.9. The number of carbonyl (C=O) groups excluding carboxylic acids is 2. The van der Waals surface area contributed by atoms with Crippen molar-refractivity contribution >= 4 is 19.8 Å². The van der Waals surface area contributed by atoms with Crippen molar-refractivity contribution in [1.29, 1.82) is 0 Å². The minimum absolute atomic E-state index is 0.0159. The number of phosphoric acid groups is 1. The summed E-state index contributed by atoms with van der Waals surface area (Å²) in [6, 6.07) is 0. The lowest BCUT2D eigenvalue weighted by atomic mass is 10.0. The molecular weight excluding hydrogens is 814 g/mol. The first kappa shape index (κ1) is 60.7. The Morgan fingerprint density at radius 2 is 1.03 bits per heavy atom. The minimum Gasteiger partial charge on any atom is -0.462 e. The van der Waals surface area contributed by atoms with Crippen LogP contribution in [0.15, 0.2) is 60.8 Å². The molecule has 0 aromatic heterocycles. The largest absolute Gasteiger partial charge is 0.472 e. The lowest BCUT2D eigenvalue weighted by Crippen LogP contribution is -2.37. The number of aliphatic hydroxyl groups is 1. The monoisotopic (exact) mass is 909 g/mol. The first-order valence-corrected chi connectivity index (χ1v) is 26.6. The van der Waals surface area contributed by atoms with E-state index in [9.17, 15) is 24.2 Å². The molecule has 0 aromatic rings. The second-order valence-electron chi connectivity index (χ2n) is 18.0. The Balaban J connectivity index is 4.34. The van der Waals surface area contributed by atoms with E-state index in [-0.39, 0.29) is 32.2 Å². The molecule has 0 bridgehead atoms. The maximum Gasteiger partial charge on any atom is 0.472 e. The maximum atomic E-state index is 12.8. The van der Waals surface area contributed by atoms with Gasteiger partial charge in [0, 0.05) is 12.8 Å². The quantitative estimate of drug-likeness (QED) is 0.0153. The third-order valence-corrected chi connectivity index (χ3v) is 11.7. The normalized spacial score (nSPS) is 14.5. The van der Waals surface area contributed by atoms with Crippen LogP contribution in [0, 0.1) is 0 Å². The smallest absolute Gasteiger partial charge is 0.462 e. The zero-order valence-corrected chi connectivity index (χ0v) is 41.8. The molecule has 0 saturated heterocycles. The highest BCUT2D eigenvalue weighted by Crippen LogP contribution is 2.43. The predicted molar refractivity (Wildman–Crippen MR) is 262 cm³/mol. The topological polar surface area (TPSA) is 129 Å². The maximum absolute atomic E-state index is 12.8. The zero-order chi connectivity index (χ0) is 46.5. The fraction of sp³-hybridized carbons (Fsp3) is 0.769. The molecule has 0 aliphatic rings. The Kier molecular flexibility index (Phi) is 41.9. The van der Waals surface area contributed by atoms with Crippen LogP contribution in [0.1, 0.15) is 200 Å². The van der Waals surface area contributed by atoms with Gasteiger partial charge in [-0.05, 0) is 44.9 Å². The molecular formula is C52H95NO9P+. The van der Waals surface area contributed by atoms with Gasteiger partial charge in [-0.25, -0.2) is 4.57 Å². The summed E-state index contributed by atoms with van der Waals surface area (Å²) < 4.78 is 34.3. The van der Waals surface area contributed by atoms with Gasteiger partial charge in [0.25, 0.3) is 0 Å². The van der Waals surface area contributed by atoms with Gasteiger partial charge in [-0.2, -0.15) is 0 Å². The van der Waals surface area contributed by atoms with Crippen LogP contribution in [0.3, 0.4) is 0 Å². The van der Waals surface area contributed by atoms with Crippen LogP contribution in [0.4, 0.5) is 0 Å². The average Bonchev–Trinajstić information content (AvgIpc) is 3.24. The van der Waals surface area contributed by atoms with E-state index in [1.807, 2.05) is 52.4 Å². The SMILES string of the molecule is CCCCCCCCCCCCCCCCCCCCCCCC(=O)O[C@H](COC(=O)CCC/C=C\C/C=C\C/C=C\C/C=C\C=C\[C@@H](O)CC)COP(=O)(O)OCC[N+](C)(C)C. The number of unbranched alkanes of at least 4 members (excludes halogenated alkanes) is 21. The summed E-state index contributed by atoms with van der Waals surface area (Å²) in [5, 5.41) is 9.49. The third kappa shape index (κ3) is 47.5. The molecule has 0 aliphatic heterocycles. The van der Waals surface area contributed by atoms with Gasteiger partial charge in [0.15, 0.2) is 6.10 Å². The molecule has 0 radical (unpaired) electrons. The van der Waals surface area contributed by atoms with E-state index in [2.05, 4.69) is 37.3 Å². The van der Waals surface area contributed by atoms with Crippen LogP contribution < -0.4 is 0 Å². The van der Waals surface area contributed by atoms with Crippen molar-refractivity contribution in [2.24, 2.45) is 0 Å². The molecule has 2 N–H and O–H groups in total. The summed E-state index contributed by atoms with van der Waals surface area (Å²) in [5.41, 5.74) is 0. The summed E-state index contributed by atoms with van der Waals surface area (Å²) in [4.78, 5) is 35.5. The van der Waals surface area contributed by atoms with Crippen molar-refractivity contribution < 1.29 is 47.2 Å². The van der Waals surface area contributed by atoms with Gasteiger partial charge >= 0.3 is 19.8 Å². The Morgan fingerprint density at radius 1 is 0.571 bits per heavy atom. The van der Waals surface area contributed by atoms with Crippen LogP contribution in [0.25, 0.3) is 0 Å². The van der Waals surface area contributed by atoms with Crippen LogP contribution in [-0.2, 0) is 32.7 Å². The Morgan fingerprint density at radius 3 is 1.52 bits per heavy atom. The van der Waals surface area contributed by atoms with Gasteiger partial charge < -0.3 is 24.0 Å². The van der Waals surface area contributed by atoms with Gasteiger partial charge in [0.2, 0.25) is 0 Å². The Bertz CT molecular complexity index is 1270. The van der Waals surface area contributed by atoms with Crippen LogP contribution in [0.2, 0.25) is 0 Å². The van der Waals surface area contributed by atoms with E-state index < -0.39 is 32.5 Å². The number of hydrogen-bond donors (Lipinski definition) is 2. The molecule has 366 valence electrons. The molecule has 3 atom stereocenters. The predicted octanol–water partition coefficient (Wildman–Crippen LogP) is 13.8. The van der Waals surface area contributed by atoms with Gasteiger partial charge in [-0.15, -0.1) is 0 Å². The number of phosphoric ester groups is 1. The van der Waals surface area contributed by atoms with E-state index in [1.54, 1.807) is 6.08 Å². The lowest BCUT2D eigenvalue weighted by molar-refractivity contribution is -0.870. The van der Waals surface area contributed by atoms with Crippen molar-refractivity contribution in [2.45, 2.75) is 212 Å². The number of quaternary nitrogens is 1. The van der Waals surface area contributed by atoms with Crippen molar-refractivity contribution in [1.82, 2.24) is 0 Å². The highest BCUT2D eigenvalue weighted by atomic mass is 31.2. The second-order valence-corrected chi connectivity index (χ2v) is 19.5. The molecule has 11 heteroatoms. The van der Waals surface area contributed by atoms with Gasteiger partial charge in [-0.3, -0.25) is 18.6 Å².